The summed E-state index contributed by atoms with van der Waals surface area (Å²) in [7, 11) is 0. The maximum absolute atomic E-state index is 9.22. The molecule has 0 saturated heterocycles. The number of aliphatic hydroxyl groups excluding tert-OH is 1. The molecular formula is C8H19NO. The van der Waals surface area contributed by atoms with E-state index in [-0.39, 0.29) is 6.10 Å². The van der Waals surface area contributed by atoms with Crippen LogP contribution in [0.15, 0.2) is 0 Å². The number of rotatable bonds is 5. The molecule has 0 bridgehead atoms. The van der Waals surface area contributed by atoms with E-state index in [2.05, 4.69) is 6.92 Å². The predicted molar refractivity (Wildman–Crippen MR) is 43.8 cm³/mol. The van der Waals surface area contributed by atoms with Crippen molar-refractivity contribution in [3.05, 3.63) is 0 Å². The molecule has 0 amide bonds. The van der Waals surface area contributed by atoms with Crippen LogP contribution < -0.4 is 5.73 Å². The SMILES string of the molecule is CCCC(CCN)C(C)O. The summed E-state index contributed by atoms with van der Waals surface area (Å²) in [6.07, 6.45) is 2.99. The second kappa shape index (κ2) is 5.69. The van der Waals surface area contributed by atoms with E-state index in [0.29, 0.717) is 12.5 Å². The summed E-state index contributed by atoms with van der Waals surface area (Å²) in [4.78, 5) is 0. The fourth-order valence-electron chi connectivity index (χ4n) is 1.21. The summed E-state index contributed by atoms with van der Waals surface area (Å²) in [5.41, 5.74) is 5.39. The number of hydrogen-bond acceptors (Lipinski definition) is 2. The van der Waals surface area contributed by atoms with Crippen LogP contribution in [0.1, 0.15) is 33.1 Å². The van der Waals surface area contributed by atoms with Crippen LogP contribution in [-0.4, -0.2) is 17.8 Å². The van der Waals surface area contributed by atoms with Crippen molar-refractivity contribution in [1.82, 2.24) is 0 Å². The molecular weight excluding hydrogens is 126 g/mol. The summed E-state index contributed by atoms with van der Waals surface area (Å²) >= 11 is 0. The van der Waals surface area contributed by atoms with Crippen molar-refractivity contribution in [3.8, 4) is 0 Å². The highest BCUT2D eigenvalue weighted by Crippen LogP contribution is 2.14. The van der Waals surface area contributed by atoms with Gasteiger partial charge in [-0.05, 0) is 32.2 Å². The van der Waals surface area contributed by atoms with Crippen LogP contribution in [0, 0.1) is 5.92 Å². The van der Waals surface area contributed by atoms with E-state index in [1.807, 2.05) is 6.92 Å². The molecule has 0 aromatic heterocycles. The lowest BCUT2D eigenvalue weighted by Gasteiger charge is -2.17. The lowest BCUT2D eigenvalue weighted by Crippen LogP contribution is -2.19. The van der Waals surface area contributed by atoms with Gasteiger partial charge in [-0.15, -0.1) is 0 Å². The molecule has 2 unspecified atom stereocenters. The van der Waals surface area contributed by atoms with Crippen LogP contribution in [0.3, 0.4) is 0 Å². The number of hydrogen-bond donors (Lipinski definition) is 2. The second-order valence-electron chi connectivity index (χ2n) is 2.87. The molecule has 0 spiro atoms. The van der Waals surface area contributed by atoms with Crippen molar-refractivity contribution in [1.29, 1.82) is 0 Å². The van der Waals surface area contributed by atoms with E-state index >= 15 is 0 Å². The first-order chi connectivity index (χ1) is 4.72. The molecule has 0 aliphatic carbocycles. The van der Waals surface area contributed by atoms with Crippen molar-refractivity contribution in [2.75, 3.05) is 6.54 Å². The molecule has 0 aliphatic heterocycles. The fourth-order valence-corrected chi connectivity index (χ4v) is 1.21. The molecule has 0 saturated carbocycles. The molecule has 0 aromatic carbocycles. The highest BCUT2D eigenvalue weighted by atomic mass is 16.3. The Kier molecular flexibility index (Phi) is 5.64. The van der Waals surface area contributed by atoms with Gasteiger partial charge in [-0.2, -0.15) is 0 Å². The quantitative estimate of drug-likeness (QED) is 0.609. The maximum atomic E-state index is 9.22. The molecule has 2 atom stereocenters. The molecule has 0 aromatic rings. The Labute approximate surface area is 63.4 Å². The number of nitrogens with two attached hydrogens (primary N) is 1. The minimum atomic E-state index is -0.191. The zero-order valence-electron chi connectivity index (χ0n) is 7.01. The normalized spacial score (nSPS) is 16.8. The van der Waals surface area contributed by atoms with Crippen molar-refractivity contribution < 1.29 is 5.11 Å². The molecule has 2 heteroatoms. The minimum Gasteiger partial charge on any atom is -0.393 e. The molecule has 62 valence electrons. The van der Waals surface area contributed by atoms with Gasteiger partial charge < -0.3 is 10.8 Å². The third-order valence-electron chi connectivity index (χ3n) is 1.88. The van der Waals surface area contributed by atoms with Gasteiger partial charge in [0.2, 0.25) is 0 Å². The summed E-state index contributed by atoms with van der Waals surface area (Å²) in [5, 5.41) is 9.22. The topological polar surface area (TPSA) is 46.2 Å². The first-order valence-electron chi connectivity index (χ1n) is 4.10. The maximum Gasteiger partial charge on any atom is 0.0540 e. The van der Waals surface area contributed by atoms with Gasteiger partial charge in [0, 0.05) is 0 Å². The molecule has 0 heterocycles. The Balaban J connectivity index is 3.50. The Morgan fingerprint density at radius 1 is 1.40 bits per heavy atom. The molecule has 0 radical (unpaired) electrons. The van der Waals surface area contributed by atoms with Crippen LogP contribution >= 0.6 is 0 Å². The van der Waals surface area contributed by atoms with Gasteiger partial charge in [0.15, 0.2) is 0 Å². The van der Waals surface area contributed by atoms with Gasteiger partial charge in [0.1, 0.15) is 0 Å². The second-order valence-corrected chi connectivity index (χ2v) is 2.87. The van der Waals surface area contributed by atoms with Gasteiger partial charge >= 0.3 is 0 Å². The average molecular weight is 145 g/mol. The summed E-state index contributed by atoms with van der Waals surface area (Å²) in [6.45, 7) is 4.66. The Bertz CT molecular complexity index is 67.7. The van der Waals surface area contributed by atoms with Crippen molar-refractivity contribution >= 4 is 0 Å². The van der Waals surface area contributed by atoms with Crippen LogP contribution in [0.2, 0.25) is 0 Å². The van der Waals surface area contributed by atoms with Gasteiger partial charge in [-0.3, -0.25) is 0 Å². The smallest absolute Gasteiger partial charge is 0.0540 e. The van der Waals surface area contributed by atoms with Crippen molar-refractivity contribution in [3.63, 3.8) is 0 Å². The van der Waals surface area contributed by atoms with Gasteiger partial charge in [-0.25, -0.2) is 0 Å². The fraction of sp³-hybridized carbons (Fsp3) is 1.00. The third-order valence-corrected chi connectivity index (χ3v) is 1.88. The van der Waals surface area contributed by atoms with E-state index in [0.717, 1.165) is 19.3 Å². The molecule has 2 nitrogen and oxygen atoms in total. The molecule has 0 aliphatic rings. The van der Waals surface area contributed by atoms with E-state index in [1.165, 1.54) is 0 Å². The summed E-state index contributed by atoms with van der Waals surface area (Å²) in [5.74, 6) is 0.412. The van der Waals surface area contributed by atoms with Gasteiger partial charge in [0.25, 0.3) is 0 Å². The molecule has 0 fully saturated rings. The zero-order valence-corrected chi connectivity index (χ0v) is 7.01. The monoisotopic (exact) mass is 145 g/mol. The van der Waals surface area contributed by atoms with E-state index in [4.69, 9.17) is 5.73 Å². The predicted octanol–water partition coefficient (Wildman–Crippen LogP) is 1.13. The molecule has 0 rings (SSSR count). The van der Waals surface area contributed by atoms with Crippen LogP contribution in [0.25, 0.3) is 0 Å². The van der Waals surface area contributed by atoms with Crippen LogP contribution in [-0.2, 0) is 0 Å². The first-order valence-corrected chi connectivity index (χ1v) is 4.10. The Hall–Kier alpha value is -0.0800. The summed E-state index contributed by atoms with van der Waals surface area (Å²) in [6, 6.07) is 0. The third kappa shape index (κ3) is 3.85. The first kappa shape index (κ1) is 9.92. The van der Waals surface area contributed by atoms with Crippen molar-refractivity contribution in [2.45, 2.75) is 39.2 Å². The minimum absolute atomic E-state index is 0.191. The Morgan fingerprint density at radius 2 is 2.00 bits per heavy atom. The average Bonchev–Trinajstić information content (AvgIpc) is 1.87. The van der Waals surface area contributed by atoms with Gasteiger partial charge in [0.05, 0.1) is 6.10 Å². The van der Waals surface area contributed by atoms with Crippen molar-refractivity contribution in [2.24, 2.45) is 11.7 Å². The lowest BCUT2D eigenvalue weighted by molar-refractivity contribution is 0.115. The highest BCUT2D eigenvalue weighted by molar-refractivity contribution is 4.64. The number of aliphatic hydroxyl groups is 1. The van der Waals surface area contributed by atoms with E-state index < -0.39 is 0 Å². The molecule has 10 heavy (non-hydrogen) atoms. The van der Waals surface area contributed by atoms with Crippen LogP contribution in [0.4, 0.5) is 0 Å². The zero-order chi connectivity index (χ0) is 7.98. The highest BCUT2D eigenvalue weighted by Gasteiger charge is 2.11. The van der Waals surface area contributed by atoms with Gasteiger partial charge in [-0.1, -0.05) is 13.3 Å². The summed E-state index contributed by atoms with van der Waals surface area (Å²) < 4.78 is 0. The largest absolute Gasteiger partial charge is 0.393 e. The Morgan fingerprint density at radius 3 is 2.30 bits per heavy atom. The van der Waals surface area contributed by atoms with E-state index in [9.17, 15) is 5.11 Å². The molecule has 3 N–H and O–H groups in total. The van der Waals surface area contributed by atoms with E-state index in [1.54, 1.807) is 0 Å². The van der Waals surface area contributed by atoms with Crippen LogP contribution in [0.5, 0.6) is 0 Å². The lowest BCUT2D eigenvalue weighted by atomic mass is 9.95. The standard InChI is InChI=1S/C8H19NO/c1-3-4-8(5-6-9)7(2)10/h7-8,10H,3-6,9H2,1-2H3.